The normalized spacial score (nSPS) is 19.3. The lowest BCUT2D eigenvalue weighted by Gasteiger charge is -2.37. The van der Waals surface area contributed by atoms with Crippen LogP contribution in [0.3, 0.4) is 0 Å². The molecule has 1 aliphatic heterocycles. The Kier molecular flexibility index (Phi) is 4.40. The maximum absolute atomic E-state index is 5.52. The van der Waals surface area contributed by atoms with E-state index < -0.39 is 0 Å². The lowest BCUT2D eigenvalue weighted by Crippen LogP contribution is -2.43. The van der Waals surface area contributed by atoms with E-state index in [1.165, 1.54) is 5.69 Å². The van der Waals surface area contributed by atoms with Crippen LogP contribution in [0.4, 0.5) is 0 Å². The van der Waals surface area contributed by atoms with E-state index in [2.05, 4.69) is 30.3 Å². The van der Waals surface area contributed by atoms with Crippen LogP contribution < -0.4 is 5.32 Å². The SMILES string of the molecule is CC(C)NCC1(Cc2ccn(C)n2)CCOCC1. The molecule has 0 aromatic carbocycles. The van der Waals surface area contributed by atoms with E-state index >= 15 is 0 Å². The summed E-state index contributed by atoms with van der Waals surface area (Å²) in [6.45, 7) is 7.23. The standard InChI is InChI=1S/C14H25N3O/c1-12(2)15-11-14(5-8-18-9-6-14)10-13-4-7-17(3)16-13/h4,7,12,15H,5-6,8-11H2,1-3H3. The van der Waals surface area contributed by atoms with Crippen LogP contribution in [0.5, 0.6) is 0 Å². The molecule has 2 rings (SSSR count). The van der Waals surface area contributed by atoms with Gasteiger partial charge in [-0.05, 0) is 30.7 Å². The molecule has 1 aromatic heterocycles. The second-order valence-corrected chi connectivity index (χ2v) is 5.81. The maximum atomic E-state index is 5.52. The molecule has 0 spiro atoms. The first-order chi connectivity index (χ1) is 8.60. The van der Waals surface area contributed by atoms with Gasteiger partial charge in [0.05, 0.1) is 5.69 Å². The second-order valence-electron chi connectivity index (χ2n) is 5.81. The monoisotopic (exact) mass is 251 g/mol. The predicted molar refractivity (Wildman–Crippen MR) is 72.5 cm³/mol. The molecule has 1 saturated heterocycles. The molecular formula is C14H25N3O. The van der Waals surface area contributed by atoms with Crippen molar-refractivity contribution in [1.29, 1.82) is 0 Å². The molecule has 0 bridgehead atoms. The van der Waals surface area contributed by atoms with Crippen molar-refractivity contribution in [3.63, 3.8) is 0 Å². The van der Waals surface area contributed by atoms with Gasteiger partial charge in [0.25, 0.3) is 0 Å². The Morgan fingerprint density at radius 2 is 2.17 bits per heavy atom. The summed E-state index contributed by atoms with van der Waals surface area (Å²) < 4.78 is 7.41. The van der Waals surface area contributed by atoms with Gasteiger partial charge in [0, 0.05) is 39.0 Å². The molecule has 0 radical (unpaired) electrons. The van der Waals surface area contributed by atoms with Gasteiger partial charge in [0.15, 0.2) is 0 Å². The molecule has 1 N–H and O–H groups in total. The molecule has 1 fully saturated rings. The summed E-state index contributed by atoms with van der Waals surface area (Å²) in [5.74, 6) is 0. The maximum Gasteiger partial charge on any atom is 0.0630 e. The first kappa shape index (κ1) is 13.6. The Labute approximate surface area is 110 Å². The van der Waals surface area contributed by atoms with Crippen molar-refractivity contribution in [3.8, 4) is 0 Å². The highest BCUT2D eigenvalue weighted by molar-refractivity contribution is 5.04. The Morgan fingerprint density at radius 3 is 2.72 bits per heavy atom. The average molecular weight is 251 g/mol. The first-order valence-corrected chi connectivity index (χ1v) is 6.89. The van der Waals surface area contributed by atoms with E-state index in [0.29, 0.717) is 11.5 Å². The van der Waals surface area contributed by atoms with Crippen molar-refractivity contribution in [1.82, 2.24) is 15.1 Å². The smallest absolute Gasteiger partial charge is 0.0630 e. The largest absolute Gasteiger partial charge is 0.381 e. The van der Waals surface area contributed by atoms with Crippen LogP contribution in [0.1, 0.15) is 32.4 Å². The Bertz CT molecular complexity index is 367. The summed E-state index contributed by atoms with van der Waals surface area (Å²) >= 11 is 0. The lowest BCUT2D eigenvalue weighted by atomic mass is 9.76. The van der Waals surface area contributed by atoms with Crippen molar-refractivity contribution >= 4 is 0 Å². The van der Waals surface area contributed by atoms with Gasteiger partial charge in [-0.3, -0.25) is 4.68 Å². The number of nitrogens with one attached hydrogen (secondary N) is 1. The zero-order chi connectivity index (χ0) is 13.0. The summed E-state index contributed by atoms with van der Waals surface area (Å²) in [6, 6.07) is 2.67. The van der Waals surface area contributed by atoms with Gasteiger partial charge in [-0.25, -0.2) is 0 Å². The fourth-order valence-electron chi connectivity index (χ4n) is 2.58. The molecule has 4 nitrogen and oxygen atoms in total. The Morgan fingerprint density at radius 1 is 1.44 bits per heavy atom. The topological polar surface area (TPSA) is 39.1 Å². The number of aryl methyl sites for hydroxylation is 1. The van der Waals surface area contributed by atoms with Gasteiger partial charge in [0.2, 0.25) is 0 Å². The van der Waals surface area contributed by atoms with Crippen LogP contribution in [0, 0.1) is 5.41 Å². The fourth-order valence-corrected chi connectivity index (χ4v) is 2.58. The average Bonchev–Trinajstić information content (AvgIpc) is 2.73. The van der Waals surface area contributed by atoms with Crippen LogP contribution in [0.15, 0.2) is 12.3 Å². The summed E-state index contributed by atoms with van der Waals surface area (Å²) in [5.41, 5.74) is 1.52. The van der Waals surface area contributed by atoms with Gasteiger partial charge in [-0.15, -0.1) is 0 Å². The molecule has 0 atom stereocenters. The molecule has 0 unspecified atom stereocenters. The summed E-state index contributed by atoms with van der Waals surface area (Å²) in [4.78, 5) is 0. The zero-order valence-corrected chi connectivity index (χ0v) is 11.8. The van der Waals surface area contributed by atoms with Crippen molar-refractivity contribution in [2.24, 2.45) is 12.5 Å². The molecule has 102 valence electrons. The van der Waals surface area contributed by atoms with Crippen molar-refractivity contribution in [2.75, 3.05) is 19.8 Å². The highest BCUT2D eigenvalue weighted by atomic mass is 16.5. The van der Waals surface area contributed by atoms with Crippen molar-refractivity contribution in [2.45, 2.75) is 39.2 Å². The van der Waals surface area contributed by atoms with E-state index in [-0.39, 0.29) is 0 Å². The summed E-state index contributed by atoms with van der Waals surface area (Å²) in [7, 11) is 1.98. The quantitative estimate of drug-likeness (QED) is 0.866. The molecular weight excluding hydrogens is 226 g/mol. The van der Waals surface area contributed by atoms with Gasteiger partial charge in [0.1, 0.15) is 0 Å². The van der Waals surface area contributed by atoms with Gasteiger partial charge >= 0.3 is 0 Å². The third-order valence-corrected chi connectivity index (χ3v) is 3.76. The highest BCUT2D eigenvalue weighted by Crippen LogP contribution is 2.33. The minimum atomic E-state index is 0.316. The van der Waals surface area contributed by atoms with Gasteiger partial charge in [-0.2, -0.15) is 5.10 Å². The molecule has 18 heavy (non-hydrogen) atoms. The Hall–Kier alpha value is -0.870. The zero-order valence-electron chi connectivity index (χ0n) is 11.8. The van der Waals surface area contributed by atoms with Crippen molar-refractivity contribution < 1.29 is 4.74 Å². The summed E-state index contributed by atoms with van der Waals surface area (Å²) in [5, 5.41) is 8.12. The van der Waals surface area contributed by atoms with Crippen LogP contribution >= 0.6 is 0 Å². The fraction of sp³-hybridized carbons (Fsp3) is 0.786. The molecule has 2 heterocycles. The minimum Gasteiger partial charge on any atom is -0.381 e. The number of aromatic nitrogens is 2. The number of rotatable bonds is 5. The van der Waals surface area contributed by atoms with Crippen LogP contribution in [-0.2, 0) is 18.2 Å². The predicted octanol–water partition coefficient (Wildman–Crippen LogP) is 1.76. The third kappa shape index (κ3) is 3.56. The molecule has 1 aliphatic rings. The van der Waals surface area contributed by atoms with Gasteiger partial charge in [-0.1, -0.05) is 13.8 Å². The molecule has 0 saturated carbocycles. The highest BCUT2D eigenvalue weighted by Gasteiger charge is 2.33. The first-order valence-electron chi connectivity index (χ1n) is 6.89. The van der Waals surface area contributed by atoms with Gasteiger partial charge < -0.3 is 10.1 Å². The number of hydrogen-bond acceptors (Lipinski definition) is 3. The van der Waals surface area contributed by atoms with E-state index in [1.807, 2.05) is 17.9 Å². The van der Waals surface area contributed by atoms with Crippen LogP contribution in [-0.4, -0.2) is 35.6 Å². The van der Waals surface area contributed by atoms with Crippen molar-refractivity contribution in [3.05, 3.63) is 18.0 Å². The number of ether oxygens (including phenoxy) is 1. The van der Waals surface area contributed by atoms with E-state index in [0.717, 1.165) is 39.0 Å². The third-order valence-electron chi connectivity index (χ3n) is 3.76. The second kappa shape index (κ2) is 5.85. The number of hydrogen-bond donors (Lipinski definition) is 1. The molecule has 0 amide bonds. The molecule has 0 aliphatic carbocycles. The minimum absolute atomic E-state index is 0.316. The summed E-state index contributed by atoms with van der Waals surface area (Å²) in [6.07, 6.45) is 5.34. The van der Waals surface area contributed by atoms with E-state index in [1.54, 1.807) is 0 Å². The van der Waals surface area contributed by atoms with Crippen LogP contribution in [0.2, 0.25) is 0 Å². The molecule has 4 heteroatoms. The number of nitrogens with zero attached hydrogens (tertiary/aromatic N) is 2. The lowest BCUT2D eigenvalue weighted by molar-refractivity contribution is 0.0136. The molecule has 1 aromatic rings. The van der Waals surface area contributed by atoms with E-state index in [4.69, 9.17) is 4.74 Å². The van der Waals surface area contributed by atoms with E-state index in [9.17, 15) is 0 Å². The van der Waals surface area contributed by atoms with Crippen LogP contribution in [0.25, 0.3) is 0 Å². The Balaban J connectivity index is 2.03.